The summed E-state index contributed by atoms with van der Waals surface area (Å²) in [5, 5.41) is 4.13. The molecule has 0 spiro atoms. The maximum absolute atomic E-state index is 6.43. The number of pyridine rings is 1. The van der Waals surface area contributed by atoms with Gasteiger partial charge >= 0.3 is 0 Å². The van der Waals surface area contributed by atoms with E-state index in [-0.39, 0.29) is 12.2 Å². The van der Waals surface area contributed by atoms with Crippen molar-refractivity contribution >= 4 is 17.4 Å². The van der Waals surface area contributed by atoms with Gasteiger partial charge in [0.05, 0.1) is 17.2 Å². The summed E-state index contributed by atoms with van der Waals surface area (Å²) in [6, 6.07) is 2.02. The molecule has 5 heteroatoms. The normalized spacial score (nSPS) is 22.9. The zero-order chi connectivity index (χ0) is 15.4. The van der Waals surface area contributed by atoms with Crippen LogP contribution in [-0.4, -0.2) is 36.8 Å². The van der Waals surface area contributed by atoms with Crippen LogP contribution < -0.4 is 10.2 Å². The largest absolute Gasteiger partial charge is 0.372 e. The maximum Gasteiger partial charge on any atom is 0.147 e. The van der Waals surface area contributed by atoms with Crippen molar-refractivity contribution in [2.24, 2.45) is 5.92 Å². The predicted octanol–water partition coefficient (Wildman–Crippen LogP) is 3.09. The molecule has 0 amide bonds. The number of nitrogens with one attached hydrogen (secondary N) is 1. The third-order valence-corrected chi connectivity index (χ3v) is 3.76. The first-order valence-corrected chi connectivity index (χ1v) is 8.09. The summed E-state index contributed by atoms with van der Waals surface area (Å²) in [5.41, 5.74) is 1.12. The lowest BCUT2D eigenvalue weighted by molar-refractivity contribution is -0.00545. The highest BCUT2D eigenvalue weighted by Gasteiger charge is 2.24. The molecule has 0 saturated carbocycles. The van der Waals surface area contributed by atoms with Crippen molar-refractivity contribution in [3.05, 3.63) is 22.8 Å². The van der Waals surface area contributed by atoms with E-state index in [1.165, 1.54) is 0 Å². The second-order valence-electron chi connectivity index (χ2n) is 6.34. The second kappa shape index (κ2) is 7.43. The molecule has 118 valence electrons. The van der Waals surface area contributed by atoms with Gasteiger partial charge in [-0.15, -0.1) is 0 Å². The van der Waals surface area contributed by atoms with Crippen LogP contribution in [0.1, 0.15) is 33.3 Å². The molecule has 21 heavy (non-hydrogen) atoms. The Kier molecular flexibility index (Phi) is 5.85. The molecule has 0 radical (unpaired) electrons. The number of ether oxygens (including phenoxy) is 1. The lowest BCUT2D eigenvalue weighted by Gasteiger charge is -2.36. The summed E-state index contributed by atoms with van der Waals surface area (Å²) in [6.45, 7) is 12.0. The highest BCUT2D eigenvalue weighted by molar-refractivity contribution is 6.33. The van der Waals surface area contributed by atoms with Crippen LogP contribution in [0.15, 0.2) is 12.3 Å². The molecule has 1 aliphatic heterocycles. The smallest absolute Gasteiger partial charge is 0.147 e. The van der Waals surface area contributed by atoms with E-state index in [0.29, 0.717) is 5.92 Å². The van der Waals surface area contributed by atoms with Gasteiger partial charge in [0.1, 0.15) is 5.82 Å². The first-order valence-electron chi connectivity index (χ1n) is 7.71. The van der Waals surface area contributed by atoms with Crippen LogP contribution in [0.4, 0.5) is 5.82 Å². The van der Waals surface area contributed by atoms with E-state index < -0.39 is 0 Å². The van der Waals surface area contributed by atoms with Crippen LogP contribution in [0.3, 0.4) is 0 Å². The molecular weight excluding hydrogens is 286 g/mol. The van der Waals surface area contributed by atoms with Crippen LogP contribution >= 0.6 is 11.6 Å². The predicted molar refractivity (Wildman–Crippen MR) is 88.0 cm³/mol. The Bertz CT molecular complexity index is 457. The molecule has 2 unspecified atom stereocenters. The Morgan fingerprint density at radius 1 is 1.38 bits per heavy atom. The minimum Gasteiger partial charge on any atom is -0.372 e. The highest BCUT2D eigenvalue weighted by Crippen LogP contribution is 2.26. The lowest BCUT2D eigenvalue weighted by Crippen LogP contribution is -2.46. The van der Waals surface area contributed by atoms with E-state index in [0.717, 1.165) is 42.6 Å². The fourth-order valence-electron chi connectivity index (χ4n) is 2.66. The van der Waals surface area contributed by atoms with Gasteiger partial charge in [-0.25, -0.2) is 4.98 Å². The van der Waals surface area contributed by atoms with Crippen LogP contribution in [0.25, 0.3) is 0 Å². The lowest BCUT2D eigenvalue weighted by atomic mass is 10.2. The van der Waals surface area contributed by atoms with Gasteiger partial charge in [-0.2, -0.15) is 0 Å². The van der Waals surface area contributed by atoms with Crippen molar-refractivity contribution in [1.82, 2.24) is 10.3 Å². The second-order valence-corrected chi connectivity index (χ2v) is 6.74. The average Bonchev–Trinajstić information content (AvgIpc) is 2.37. The Labute approximate surface area is 132 Å². The third kappa shape index (κ3) is 4.83. The number of hydrogen-bond donors (Lipinski definition) is 1. The standard InChI is InChI=1S/C16H26ClN3O/c1-11(2)6-18-7-14-5-15(17)16(19-8-14)20-9-12(3)21-13(4)10-20/h5,8,11-13,18H,6-7,9-10H2,1-4H3. The SMILES string of the molecule is CC(C)CNCc1cnc(N2CC(C)OC(C)C2)c(Cl)c1. The molecular formula is C16H26ClN3O. The molecule has 4 nitrogen and oxygen atoms in total. The zero-order valence-corrected chi connectivity index (χ0v) is 14.2. The van der Waals surface area contributed by atoms with E-state index in [9.17, 15) is 0 Å². The fourth-order valence-corrected chi connectivity index (χ4v) is 2.96. The highest BCUT2D eigenvalue weighted by atomic mass is 35.5. The summed E-state index contributed by atoms with van der Waals surface area (Å²) in [7, 11) is 0. The van der Waals surface area contributed by atoms with Crippen molar-refractivity contribution in [3.8, 4) is 0 Å². The molecule has 0 aliphatic carbocycles. The van der Waals surface area contributed by atoms with Gasteiger partial charge in [0.15, 0.2) is 0 Å². The average molecular weight is 312 g/mol. The van der Waals surface area contributed by atoms with Gasteiger partial charge < -0.3 is 15.0 Å². The zero-order valence-electron chi connectivity index (χ0n) is 13.4. The third-order valence-electron chi connectivity index (χ3n) is 3.48. The van der Waals surface area contributed by atoms with Crippen molar-refractivity contribution < 1.29 is 4.74 Å². The maximum atomic E-state index is 6.43. The number of aromatic nitrogens is 1. The van der Waals surface area contributed by atoms with Crippen LogP contribution in [0.5, 0.6) is 0 Å². The minimum absolute atomic E-state index is 0.207. The number of hydrogen-bond acceptors (Lipinski definition) is 4. The van der Waals surface area contributed by atoms with Crippen LogP contribution in [0, 0.1) is 5.92 Å². The molecule has 2 rings (SSSR count). The molecule has 2 heterocycles. The Morgan fingerprint density at radius 3 is 2.62 bits per heavy atom. The Hall–Kier alpha value is -0.840. The molecule has 1 aromatic heterocycles. The Morgan fingerprint density at radius 2 is 2.05 bits per heavy atom. The quantitative estimate of drug-likeness (QED) is 0.906. The van der Waals surface area contributed by atoms with E-state index in [1.54, 1.807) is 0 Å². The van der Waals surface area contributed by atoms with Gasteiger partial charge in [0.25, 0.3) is 0 Å². The first kappa shape index (κ1) is 16.5. The number of anilines is 1. The molecule has 1 fully saturated rings. The summed E-state index contributed by atoms with van der Waals surface area (Å²) >= 11 is 6.43. The van der Waals surface area contributed by atoms with Crippen molar-refractivity contribution in [2.75, 3.05) is 24.5 Å². The van der Waals surface area contributed by atoms with Crippen molar-refractivity contribution in [3.63, 3.8) is 0 Å². The number of halogens is 1. The van der Waals surface area contributed by atoms with E-state index >= 15 is 0 Å². The van der Waals surface area contributed by atoms with Gasteiger partial charge in [-0.3, -0.25) is 0 Å². The monoisotopic (exact) mass is 311 g/mol. The van der Waals surface area contributed by atoms with Crippen LogP contribution in [-0.2, 0) is 11.3 Å². The summed E-state index contributed by atoms with van der Waals surface area (Å²) in [6.07, 6.45) is 2.33. The van der Waals surface area contributed by atoms with Gasteiger partial charge in [-0.05, 0) is 37.9 Å². The molecule has 2 atom stereocenters. The van der Waals surface area contributed by atoms with E-state index in [2.05, 4.69) is 42.9 Å². The molecule has 1 aliphatic rings. The number of rotatable bonds is 5. The molecule has 1 saturated heterocycles. The first-order chi connectivity index (χ1) is 9.95. The fraction of sp³-hybridized carbons (Fsp3) is 0.688. The van der Waals surface area contributed by atoms with Gasteiger partial charge in [0.2, 0.25) is 0 Å². The van der Waals surface area contributed by atoms with Gasteiger partial charge in [0, 0.05) is 25.8 Å². The molecule has 1 aromatic rings. The van der Waals surface area contributed by atoms with Crippen LogP contribution in [0.2, 0.25) is 5.02 Å². The van der Waals surface area contributed by atoms with Crippen molar-refractivity contribution in [2.45, 2.75) is 46.4 Å². The number of morpholine rings is 1. The minimum atomic E-state index is 0.207. The van der Waals surface area contributed by atoms with Gasteiger partial charge in [-0.1, -0.05) is 25.4 Å². The van der Waals surface area contributed by atoms with E-state index in [4.69, 9.17) is 16.3 Å². The molecule has 0 aromatic carbocycles. The number of nitrogens with zero attached hydrogens (tertiary/aromatic N) is 2. The summed E-state index contributed by atoms with van der Waals surface area (Å²) in [5.74, 6) is 1.51. The Balaban J connectivity index is 2.01. The van der Waals surface area contributed by atoms with Crippen molar-refractivity contribution in [1.29, 1.82) is 0 Å². The molecule has 1 N–H and O–H groups in total. The summed E-state index contributed by atoms with van der Waals surface area (Å²) in [4.78, 5) is 6.78. The summed E-state index contributed by atoms with van der Waals surface area (Å²) < 4.78 is 5.75. The molecule has 0 bridgehead atoms. The van der Waals surface area contributed by atoms with E-state index in [1.807, 2.05) is 12.3 Å². The topological polar surface area (TPSA) is 37.4 Å².